The Kier molecular flexibility index (Phi) is 8.19. The molecule has 4 heteroatoms. The first-order chi connectivity index (χ1) is 17.5. The number of hydrogen-bond acceptors (Lipinski definition) is 3. The molecule has 2 aliphatic carbocycles. The third-order valence-electron chi connectivity index (χ3n) is 9.62. The van der Waals surface area contributed by atoms with Crippen LogP contribution in [0.1, 0.15) is 129 Å². The Bertz CT molecular complexity index is 1140. The maximum absolute atomic E-state index is 11.1. The maximum Gasteiger partial charge on any atom is 0.315 e. The van der Waals surface area contributed by atoms with E-state index in [0.29, 0.717) is 11.8 Å². The van der Waals surface area contributed by atoms with Crippen molar-refractivity contribution in [3.63, 3.8) is 0 Å². The van der Waals surface area contributed by atoms with Crippen molar-refractivity contribution < 1.29 is 9.42 Å². The molecule has 0 spiro atoms. The number of aryl methyl sites for hydroxylation is 1. The Balaban J connectivity index is 1.51. The molecule has 1 saturated carbocycles. The first-order valence-electron chi connectivity index (χ1n) is 14.7. The summed E-state index contributed by atoms with van der Waals surface area (Å²) in [5, 5.41) is 3.46. The van der Waals surface area contributed by atoms with E-state index in [9.17, 15) is 4.89 Å². The van der Waals surface area contributed by atoms with Crippen molar-refractivity contribution in [3.8, 4) is 5.75 Å². The Morgan fingerprint density at radius 2 is 1.71 bits per heavy atom. The van der Waals surface area contributed by atoms with Crippen LogP contribution in [0.5, 0.6) is 5.75 Å². The molecule has 0 heterocycles. The van der Waals surface area contributed by atoms with Crippen molar-refractivity contribution in [2.75, 3.05) is 6.54 Å². The van der Waals surface area contributed by atoms with Crippen molar-refractivity contribution in [1.82, 2.24) is 5.09 Å². The zero-order valence-electron chi connectivity index (χ0n) is 25.7. The average Bonchev–Trinajstić information content (AvgIpc) is 2.81. The Morgan fingerprint density at radius 1 is 1.00 bits per heavy atom. The molecule has 1 fully saturated rings. The van der Waals surface area contributed by atoms with Gasteiger partial charge in [0.05, 0.1) is 0 Å². The first kappa shape index (κ1) is 29.6. The van der Waals surface area contributed by atoms with Gasteiger partial charge in [-0.3, -0.25) is 0 Å². The summed E-state index contributed by atoms with van der Waals surface area (Å²) in [5.41, 5.74) is 7.34. The summed E-state index contributed by atoms with van der Waals surface area (Å²) in [6.45, 7) is 23.7. The second-order valence-electron chi connectivity index (χ2n) is 15.0. The molecule has 4 rings (SSSR count). The molecule has 3 nitrogen and oxygen atoms in total. The number of nitrogens with one attached hydrogen (secondary N) is 1. The van der Waals surface area contributed by atoms with E-state index in [1.807, 2.05) is 0 Å². The molecule has 4 atom stereocenters. The molecule has 0 bridgehead atoms. The summed E-state index contributed by atoms with van der Waals surface area (Å²) < 4.78 is 6.24. The number of fused-ring (bicyclic) bond motifs is 3. The molecule has 2 aliphatic rings. The molecule has 0 aromatic heterocycles. The smallest absolute Gasteiger partial charge is 0.315 e. The summed E-state index contributed by atoms with van der Waals surface area (Å²) in [4.78, 5) is 11.1. The molecule has 0 aliphatic heterocycles. The maximum atomic E-state index is 11.1. The lowest BCUT2D eigenvalue weighted by Gasteiger charge is -2.55. The van der Waals surface area contributed by atoms with Crippen molar-refractivity contribution in [1.29, 1.82) is 0 Å². The van der Waals surface area contributed by atoms with Crippen LogP contribution in [0, 0.1) is 11.3 Å². The van der Waals surface area contributed by atoms with Crippen LogP contribution in [0.25, 0.3) is 0 Å². The Morgan fingerprint density at radius 3 is 2.34 bits per heavy atom. The van der Waals surface area contributed by atoms with E-state index in [4.69, 9.17) is 4.52 Å². The predicted octanol–water partition coefficient (Wildman–Crippen LogP) is 9.30. The highest BCUT2D eigenvalue weighted by Crippen LogP contribution is 2.57. The van der Waals surface area contributed by atoms with Crippen LogP contribution in [0.15, 0.2) is 36.4 Å². The highest BCUT2D eigenvalue weighted by atomic mass is 31.2. The van der Waals surface area contributed by atoms with Gasteiger partial charge in [0.2, 0.25) is 0 Å². The van der Waals surface area contributed by atoms with E-state index >= 15 is 0 Å². The van der Waals surface area contributed by atoms with Gasteiger partial charge in [-0.15, -0.1) is 0 Å². The van der Waals surface area contributed by atoms with Gasteiger partial charge in [0.1, 0.15) is 5.75 Å². The Hall–Kier alpha value is -1.41. The third-order valence-corrected chi connectivity index (χ3v) is 10.4. The first-order valence-corrected chi connectivity index (χ1v) is 15.9. The fourth-order valence-corrected chi connectivity index (χ4v) is 8.16. The largest absolute Gasteiger partial charge is 0.436 e. The van der Waals surface area contributed by atoms with E-state index < -0.39 is 8.53 Å². The zero-order valence-corrected chi connectivity index (χ0v) is 26.6. The monoisotopic (exact) mass is 537 g/mol. The number of rotatable bonds is 6. The summed E-state index contributed by atoms with van der Waals surface area (Å²) in [5.74, 6) is 1.95. The van der Waals surface area contributed by atoms with Crippen LogP contribution in [0.4, 0.5) is 0 Å². The quantitative estimate of drug-likeness (QED) is 0.361. The van der Waals surface area contributed by atoms with Crippen LogP contribution >= 0.6 is 8.53 Å². The van der Waals surface area contributed by atoms with Gasteiger partial charge in [-0.2, -0.15) is 0 Å². The van der Waals surface area contributed by atoms with E-state index in [2.05, 4.69) is 111 Å². The summed E-state index contributed by atoms with van der Waals surface area (Å²) >= 11 is 0. The highest BCUT2D eigenvalue weighted by Gasteiger charge is 2.51. The fraction of sp³-hybridized carbons (Fsp3) is 0.647. The standard InChI is InChI=1S/C34H52NO2P/c1-23(2)24-12-15-27-25(20-24)13-17-30-33(9,18-11-19-34(27,30)10)22-35-38(36)37-29-16-14-26(31(3,4)5)21-28(29)32(6,7)8/h12,14-16,20-21,23,30,35-36H,11,13,17-19,22H2,1-10H3/t30-,33+,34+,38?/m0/s1. The summed E-state index contributed by atoms with van der Waals surface area (Å²) in [6.07, 6.45) is 6.04. The third kappa shape index (κ3) is 5.86. The van der Waals surface area contributed by atoms with Crippen molar-refractivity contribution in [2.45, 2.75) is 124 Å². The van der Waals surface area contributed by atoms with Gasteiger partial charge >= 0.3 is 8.53 Å². The minimum absolute atomic E-state index is 0.0674. The van der Waals surface area contributed by atoms with Crippen molar-refractivity contribution in [2.24, 2.45) is 11.3 Å². The molecule has 0 radical (unpaired) electrons. The molecule has 2 aromatic rings. The van der Waals surface area contributed by atoms with Gasteiger partial charge in [0, 0.05) is 12.1 Å². The second-order valence-corrected chi connectivity index (χ2v) is 16.0. The zero-order chi connectivity index (χ0) is 28.1. The molecule has 1 unspecified atom stereocenters. The summed E-state index contributed by atoms with van der Waals surface area (Å²) in [6, 6.07) is 13.7. The predicted molar refractivity (Wildman–Crippen MR) is 163 cm³/mol. The molecular weight excluding hydrogens is 485 g/mol. The minimum Gasteiger partial charge on any atom is -0.436 e. The summed E-state index contributed by atoms with van der Waals surface area (Å²) in [7, 11) is -1.77. The van der Waals surface area contributed by atoms with Gasteiger partial charge in [-0.05, 0) is 87.5 Å². The SMILES string of the molecule is CC(C)c1ccc2c(c1)CC[C@H]1[C@@](C)(CNP(O)Oc3ccc(C(C)(C)C)cc3C(C)(C)C)CCC[C@]21C. The van der Waals surface area contributed by atoms with E-state index in [0.717, 1.165) is 24.3 Å². The second kappa shape index (κ2) is 10.5. The van der Waals surface area contributed by atoms with Gasteiger partial charge in [0.25, 0.3) is 0 Å². The molecule has 38 heavy (non-hydrogen) atoms. The number of hydrogen-bond donors (Lipinski definition) is 2. The van der Waals surface area contributed by atoms with E-state index in [1.54, 1.807) is 11.1 Å². The molecular formula is C34H52NO2P. The van der Waals surface area contributed by atoms with E-state index in [-0.39, 0.29) is 21.7 Å². The van der Waals surface area contributed by atoms with Crippen LogP contribution in [-0.2, 0) is 22.7 Å². The van der Waals surface area contributed by atoms with Gasteiger partial charge < -0.3 is 9.42 Å². The van der Waals surface area contributed by atoms with Crippen LogP contribution in [0.2, 0.25) is 0 Å². The van der Waals surface area contributed by atoms with Gasteiger partial charge in [0.15, 0.2) is 0 Å². The highest BCUT2D eigenvalue weighted by molar-refractivity contribution is 7.44. The fourth-order valence-electron chi connectivity index (χ4n) is 7.25. The minimum atomic E-state index is -1.77. The van der Waals surface area contributed by atoms with Crippen LogP contribution < -0.4 is 9.61 Å². The number of benzene rings is 2. The van der Waals surface area contributed by atoms with E-state index in [1.165, 1.54) is 36.8 Å². The molecule has 0 saturated heterocycles. The van der Waals surface area contributed by atoms with Crippen molar-refractivity contribution in [3.05, 3.63) is 64.2 Å². The van der Waals surface area contributed by atoms with Crippen LogP contribution in [-0.4, -0.2) is 11.4 Å². The molecule has 210 valence electrons. The van der Waals surface area contributed by atoms with Gasteiger partial charge in [-0.1, -0.05) is 106 Å². The van der Waals surface area contributed by atoms with Crippen molar-refractivity contribution >= 4 is 8.53 Å². The molecule has 2 aromatic carbocycles. The molecule has 0 amide bonds. The normalized spacial score (nSPS) is 26.6. The topological polar surface area (TPSA) is 41.5 Å². The van der Waals surface area contributed by atoms with Gasteiger partial charge in [-0.25, -0.2) is 5.09 Å². The lowest BCUT2D eigenvalue weighted by Crippen LogP contribution is -2.52. The lowest BCUT2D eigenvalue weighted by atomic mass is 9.50. The Labute approximate surface area is 234 Å². The molecule has 2 N–H and O–H groups in total. The average molecular weight is 538 g/mol. The lowest BCUT2D eigenvalue weighted by molar-refractivity contribution is 0.0293. The van der Waals surface area contributed by atoms with Crippen LogP contribution in [0.3, 0.4) is 0 Å².